The number of nitriles is 3. The predicted molar refractivity (Wildman–Crippen MR) is 123 cm³/mol. The van der Waals surface area contributed by atoms with Gasteiger partial charge in [-0.2, -0.15) is 15.5 Å². The standard InChI is InChI=1S/C27H11N5O2/c1-31-21(15-30)26-19-10-6-5-9-18(19)25(17(13-28)14-29)20(26)11-24-32-27-23(33-24)12-22(34-27)16-7-3-2-4-8-16/h2-12H/b20-11-,26-21-. The van der Waals surface area contributed by atoms with Crippen LogP contribution in [0.15, 0.2) is 86.3 Å². The Balaban J connectivity index is 1.73. The van der Waals surface area contributed by atoms with Gasteiger partial charge in [0.2, 0.25) is 5.89 Å². The number of aromatic nitrogens is 1. The first kappa shape index (κ1) is 20.3. The van der Waals surface area contributed by atoms with Gasteiger partial charge in [-0.1, -0.05) is 54.6 Å². The number of allylic oxidation sites excluding steroid dienone is 5. The third-order valence-corrected chi connectivity index (χ3v) is 5.36. The van der Waals surface area contributed by atoms with Gasteiger partial charge in [0.1, 0.15) is 23.5 Å². The Labute approximate surface area is 193 Å². The fraction of sp³-hybridized carbons (Fsp3) is 0. The van der Waals surface area contributed by atoms with E-state index in [2.05, 4.69) is 9.83 Å². The third-order valence-electron chi connectivity index (χ3n) is 5.36. The van der Waals surface area contributed by atoms with Gasteiger partial charge >= 0.3 is 0 Å². The zero-order chi connectivity index (χ0) is 23.7. The van der Waals surface area contributed by atoms with Crippen LogP contribution in [0.2, 0.25) is 0 Å². The summed E-state index contributed by atoms with van der Waals surface area (Å²) in [4.78, 5) is 7.77. The maximum Gasteiger partial charge on any atom is 0.270 e. The number of benzene rings is 2. The van der Waals surface area contributed by atoms with E-state index in [0.717, 1.165) is 5.56 Å². The molecule has 7 nitrogen and oxygen atoms in total. The molecule has 5 rings (SSSR count). The van der Waals surface area contributed by atoms with Crippen molar-refractivity contribution in [1.29, 1.82) is 15.8 Å². The van der Waals surface area contributed by atoms with E-state index in [0.29, 0.717) is 39.2 Å². The van der Waals surface area contributed by atoms with Gasteiger partial charge in [-0.05, 0) is 16.7 Å². The number of rotatable bonds is 2. The van der Waals surface area contributed by atoms with Crippen molar-refractivity contribution in [2.75, 3.05) is 0 Å². The molecule has 4 aromatic rings. The minimum atomic E-state index is -0.162. The monoisotopic (exact) mass is 437 g/mol. The second-order valence-electron chi connectivity index (χ2n) is 7.22. The lowest BCUT2D eigenvalue weighted by Crippen LogP contribution is -1.89. The van der Waals surface area contributed by atoms with E-state index in [9.17, 15) is 15.8 Å². The Morgan fingerprint density at radius 1 is 0.882 bits per heavy atom. The highest BCUT2D eigenvalue weighted by Gasteiger charge is 2.32. The van der Waals surface area contributed by atoms with Crippen molar-refractivity contribution >= 4 is 28.5 Å². The van der Waals surface area contributed by atoms with Gasteiger partial charge < -0.3 is 8.83 Å². The first-order valence-electron chi connectivity index (χ1n) is 10.0. The Kier molecular flexibility index (Phi) is 4.85. The second kappa shape index (κ2) is 8.13. The van der Waals surface area contributed by atoms with Crippen LogP contribution < -0.4 is 0 Å². The molecule has 1 aliphatic carbocycles. The second-order valence-corrected chi connectivity index (χ2v) is 7.22. The molecule has 2 heterocycles. The van der Waals surface area contributed by atoms with Gasteiger partial charge in [-0.25, -0.2) is 10.1 Å². The predicted octanol–water partition coefficient (Wildman–Crippen LogP) is 6.14. The normalized spacial score (nSPS) is 14.7. The first-order chi connectivity index (χ1) is 16.7. The summed E-state index contributed by atoms with van der Waals surface area (Å²) in [5, 5.41) is 28.8. The lowest BCUT2D eigenvalue weighted by atomic mass is 9.98. The SMILES string of the molecule is [C-]#[N+]/C(C#N)=C1\C(=C/c2nc3oc(-c4ccccc4)cc3o2)C(=C(C#N)C#N)c2ccccc21. The molecule has 2 aromatic heterocycles. The van der Waals surface area contributed by atoms with E-state index < -0.39 is 0 Å². The minimum absolute atomic E-state index is 0.141. The molecule has 0 saturated carbocycles. The highest BCUT2D eigenvalue weighted by molar-refractivity contribution is 6.14. The van der Waals surface area contributed by atoms with Crippen LogP contribution in [0.5, 0.6) is 0 Å². The van der Waals surface area contributed by atoms with Crippen LogP contribution >= 0.6 is 0 Å². The Hall–Kier alpha value is -5.63. The average molecular weight is 437 g/mol. The van der Waals surface area contributed by atoms with Gasteiger partial charge in [-0.15, -0.1) is 0 Å². The molecule has 0 radical (unpaired) electrons. The number of oxazole rings is 1. The number of hydrogen-bond donors (Lipinski definition) is 0. The van der Waals surface area contributed by atoms with Gasteiger partial charge in [0.05, 0.1) is 12.6 Å². The maximum atomic E-state index is 9.61. The molecule has 0 unspecified atom stereocenters. The quantitative estimate of drug-likeness (QED) is 0.275. The van der Waals surface area contributed by atoms with Gasteiger partial charge in [0, 0.05) is 28.9 Å². The first-order valence-corrected chi connectivity index (χ1v) is 10.0. The highest BCUT2D eigenvalue weighted by atomic mass is 16.4. The van der Waals surface area contributed by atoms with E-state index in [4.69, 9.17) is 15.4 Å². The van der Waals surface area contributed by atoms with Gasteiger partial charge in [0.15, 0.2) is 5.58 Å². The molecule has 0 bridgehead atoms. The van der Waals surface area contributed by atoms with Crippen molar-refractivity contribution < 1.29 is 8.83 Å². The van der Waals surface area contributed by atoms with Crippen LogP contribution in [-0.2, 0) is 0 Å². The molecule has 34 heavy (non-hydrogen) atoms. The molecular formula is C27H11N5O2. The zero-order valence-corrected chi connectivity index (χ0v) is 17.4. The Morgan fingerprint density at radius 2 is 1.56 bits per heavy atom. The molecule has 0 fully saturated rings. The summed E-state index contributed by atoms with van der Waals surface area (Å²) in [5.41, 5.74) is 3.44. The molecule has 7 heteroatoms. The van der Waals surface area contributed by atoms with Crippen LogP contribution in [0.4, 0.5) is 0 Å². The Morgan fingerprint density at radius 3 is 2.18 bits per heavy atom. The largest absolute Gasteiger partial charge is 0.435 e. The molecule has 2 aromatic carbocycles. The lowest BCUT2D eigenvalue weighted by Gasteiger charge is -2.04. The molecule has 156 valence electrons. The summed E-state index contributed by atoms with van der Waals surface area (Å²) in [7, 11) is 0. The van der Waals surface area contributed by atoms with Crippen molar-refractivity contribution in [1.82, 2.24) is 4.98 Å². The summed E-state index contributed by atoms with van der Waals surface area (Å²) < 4.78 is 11.7. The molecule has 0 aliphatic heterocycles. The summed E-state index contributed by atoms with van der Waals surface area (Å²) >= 11 is 0. The molecule has 0 N–H and O–H groups in total. The number of fused-ring (bicyclic) bond motifs is 2. The van der Waals surface area contributed by atoms with E-state index >= 15 is 0 Å². The van der Waals surface area contributed by atoms with Gasteiger partial charge in [-0.3, -0.25) is 0 Å². The van der Waals surface area contributed by atoms with E-state index in [-0.39, 0.29) is 22.9 Å². The van der Waals surface area contributed by atoms with Gasteiger partial charge in [0.25, 0.3) is 11.4 Å². The topological polar surface area (TPSA) is 115 Å². The maximum absolute atomic E-state index is 9.61. The van der Waals surface area contributed by atoms with Crippen LogP contribution in [0, 0.1) is 40.6 Å². The van der Waals surface area contributed by atoms with Crippen molar-refractivity contribution in [3.8, 4) is 29.5 Å². The number of hydrogen-bond acceptors (Lipinski definition) is 6. The molecule has 0 atom stereocenters. The van der Waals surface area contributed by atoms with Crippen LogP contribution in [-0.4, -0.2) is 4.98 Å². The minimum Gasteiger partial charge on any atom is -0.435 e. The van der Waals surface area contributed by atoms with Crippen molar-refractivity contribution in [3.05, 3.63) is 106 Å². The number of furan rings is 1. The summed E-state index contributed by atoms with van der Waals surface area (Å²) in [6.07, 6.45) is 1.53. The van der Waals surface area contributed by atoms with Crippen molar-refractivity contribution in [2.24, 2.45) is 0 Å². The number of nitrogens with zero attached hydrogens (tertiary/aromatic N) is 5. The van der Waals surface area contributed by atoms with Crippen LogP contribution in [0.3, 0.4) is 0 Å². The third kappa shape index (κ3) is 3.15. The summed E-state index contributed by atoms with van der Waals surface area (Å²) in [6.45, 7) is 7.48. The van der Waals surface area contributed by atoms with Crippen molar-refractivity contribution in [2.45, 2.75) is 0 Å². The average Bonchev–Trinajstić information content (AvgIpc) is 3.53. The molecule has 0 spiro atoms. The summed E-state index contributed by atoms with van der Waals surface area (Å²) in [6, 6.07) is 24.0. The smallest absolute Gasteiger partial charge is 0.270 e. The van der Waals surface area contributed by atoms with E-state index in [1.54, 1.807) is 30.3 Å². The van der Waals surface area contributed by atoms with Crippen molar-refractivity contribution in [3.63, 3.8) is 0 Å². The van der Waals surface area contributed by atoms with E-state index in [1.807, 2.05) is 48.5 Å². The lowest BCUT2D eigenvalue weighted by molar-refractivity contribution is 0.588. The fourth-order valence-corrected chi connectivity index (χ4v) is 3.96. The molecular weight excluding hydrogens is 426 g/mol. The van der Waals surface area contributed by atoms with Crippen LogP contribution in [0.25, 0.3) is 44.7 Å². The summed E-state index contributed by atoms with van der Waals surface area (Å²) in [5.74, 6) is 0.759. The highest BCUT2D eigenvalue weighted by Crippen LogP contribution is 2.49. The fourth-order valence-electron chi connectivity index (χ4n) is 3.96. The Bertz CT molecular complexity index is 1600. The molecule has 0 amide bonds. The molecule has 0 saturated heterocycles. The molecule has 1 aliphatic rings. The van der Waals surface area contributed by atoms with Crippen LogP contribution in [0.1, 0.15) is 17.0 Å². The van der Waals surface area contributed by atoms with E-state index in [1.165, 1.54) is 6.08 Å². The zero-order valence-electron chi connectivity index (χ0n) is 17.4.